The smallest absolute Gasteiger partial charge is 0.218 e. The molecule has 0 bridgehead atoms. The van der Waals surface area contributed by atoms with Gasteiger partial charge < -0.3 is 4.90 Å². The van der Waals surface area contributed by atoms with Gasteiger partial charge in [0.2, 0.25) is 5.11 Å². The van der Waals surface area contributed by atoms with Crippen LogP contribution in [0.25, 0.3) is 0 Å². The summed E-state index contributed by atoms with van der Waals surface area (Å²) in [6.45, 7) is 0.708. The van der Waals surface area contributed by atoms with Crippen molar-refractivity contribution in [1.29, 1.82) is 0 Å². The molecule has 3 rings (SSSR count). The van der Waals surface area contributed by atoms with E-state index in [9.17, 15) is 0 Å². The number of azo groups is 1. The van der Waals surface area contributed by atoms with Crippen molar-refractivity contribution in [3.8, 4) is 0 Å². The second-order valence-electron chi connectivity index (χ2n) is 4.27. The van der Waals surface area contributed by atoms with Gasteiger partial charge in [-0.25, -0.2) is 0 Å². The van der Waals surface area contributed by atoms with E-state index in [2.05, 4.69) is 27.3 Å². The minimum absolute atomic E-state index is 0.143. The number of nitrogens with zero attached hydrogens (tertiary/aromatic N) is 4. The number of thiocarbonyl (C=S) groups is 1. The number of pyridine rings is 1. The summed E-state index contributed by atoms with van der Waals surface area (Å²) in [5.74, 6) is 0. The maximum Gasteiger partial charge on any atom is 0.218 e. The van der Waals surface area contributed by atoms with Crippen LogP contribution in [-0.2, 0) is 6.54 Å². The van der Waals surface area contributed by atoms with Crippen LogP contribution in [0.1, 0.15) is 17.3 Å². The Morgan fingerprint density at radius 1 is 1.05 bits per heavy atom. The van der Waals surface area contributed by atoms with E-state index in [1.54, 1.807) is 12.4 Å². The van der Waals surface area contributed by atoms with Crippen molar-refractivity contribution in [2.75, 3.05) is 0 Å². The average Bonchev–Trinajstić information content (AvgIpc) is 2.82. The van der Waals surface area contributed by atoms with Crippen molar-refractivity contribution in [2.45, 2.75) is 12.7 Å². The van der Waals surface area contributed by atoms with E-state index in [1.165, 1.54) is 5.56 Å². The molecular formula is C14H12N4S. The van der Waals surface area contributed by atoms with Crippen LogP contribution in [0.4, 0.5) is 0 Å². The molecule has 0 fully saturated rings. The summed E-state index contributed by atoms with van der Waals surface area (Å²) in [7, 11) is 0. The Morgan fingerprint density at radius 3 is 2.53 bits per heavy atom. The first-order valence-corrected chi connectivity index (χ1v) is 6.41. The van der Waals surface area contributed by atoms with Gasteiger partial charge in [0.1, 0.15) is 0 Å². The molecule has 5 heteroatoms. The van der Waals surface area contributed by atoms with Crippen LogP contribution in [0.15, 0.2) is 65.1 Å². The van der Waals surface area contributed by atoms with E-state index in [0.717, 1.165) is 5.56 Å². The van der Waals surface area contributed by atoms with Crippen LogP contribution in [0.5, 0.6) is 0 Å². The van der Waals surface area contributed by atoms with Crippen molar-refractivity contribution >= 4 is 17.3 Å². The topological polar surface area (TPSA) is 40.9 Å². The molecule has 0 saturated heterocycles. The fraction of sp³-hybridized carbons (Fsp3) is 0.143. The zero-order valence-corrected chi connectivity index (χ0v) is 11.0. The monoisotopic (exact) mass is 268 g/mol. The predicted octanol–water partition coefficient (Wildman–Crippen LogP) is 3.33. The molecule has 0 aliphatic carbocycles. The van der Waals surface area contributed by atoms with Crippen LogP contribution < -0.4 is 0 Å². The lowest BCUT2D eigenvalue weighted by atomic mass is 10.1. The number of hydrogen-bond donors (Lipinski definition) is 0. The Labute approximate surface area is 116 Å². The highest BCUT2D eigenvalue weighted by molar-refractivity contribution is 7.80. The standard InChI is InChI=1S/C14H12N4S/c19-14-17-16-13(12-6-8-15-9-7-12)18(14)10-11-4-2-1-3-5-11/h1-9,13H,10H2. The van der Waals surface area contributed by atoms with Crippen LogP contribution in [0.2, 0.25) is 0 Å². The van der Waals surface area contributed by atoms with Crippen molar-refractivity contribution in [3.63, 3.8) is 0 Å². The van der Waals surface area contributed by atoms with Crippen molar-refractivity contribution in [3.05, 3.63) is 66.0 Å². The summed E-state index contributed by atoms with van der Waals surface area (Å²) >= 11 is 5.27. The molecule has 0 radical (unpaired) electrons. The van der Waals surface area contributed by atoms with Gasteiger partial charge in [-0.1, -0.05) is 30.3 Å². The quantitative estimate of drug-likeness (QED) is 0.802. The molecule has 1 atom stereocenters. The van der Waals surface area contributed by atoms with Crippen molar-refractivity contribution in [2.24, 2.45) is 10.2 Å². The predicted molar refractivity (Wildman–Crippen MR) is 76.4 cm³/mol. The molecule has 1 unspecified atom stereocenters. The highest BCUT2D eigenvalue weighted by Crippen LogP contribution is 2.29. The molecule has 0 spiro atoms. The second kappa shape index (κ2) is 5.24. The first-order chi connectivity index (χ1) is 9.34. The molecule has 94 valence electrons. The van der Waals surface area contributed by atoms with Gasteiger partial charge in [0.25, 0.3) is 0 Å². The molecule has 0 amide bonds. The van der Waals surface area contributed by atoms with Crippen molar-refractivity contribution < 1.29 is 0 Å². The largest absolute Gasteiger partial charge is 0.314 e. The van der Waals surface area contributed by atoms with Crippen LogP contribution in [0, 0.1) is 0 Å². The van der Waals surface area contributed by atoms with E-state index >= 15 is 0 Å². The number of hydrogen-bond acceptors (Lipinski definition) is 3. The summed E-state index contributed by atoms with van der Waals surface area (Å²) in [5, 5.41) is 8.81. The Bertz CT molecular complexity index is 597. The zero-order chi connectivity index (χ0) is 13.1. The fourth-order valence-corrected chi connectivity index (χ4v) is 2.26. The minimum atomic E-state index is -0.143. The van der Waals surface area contributed by atoms with Gasteiger partial charge in [0, 0.05) is 24.5 Å². The molecule has 1 aromatic heterocycles. The SMILES string of the molecule is S=C1N=NC(c2ccncc2)N1Cc1ccccc1. The van der Waals surface area contributed by atoms with Gasteiger partial charge in [0.05, 0.1) is 0 Å². The number of rotatable bonds is 3. The lowest BCUT2D eigenvalue weighted by Gasteiger charge is -2.23. The zero-order valence-electron chi connectivity index (χ0n) is 10.2. The summed E-state index contributed by atoms with van der Waals surface area (Å²) in [5.41, 5.74) is 2.24. The first-order valence-electron chi connectivity index (χ1n) is 6.00. The first kappa shape index (κ1) is 11.9. The van der Waals surface area contributed by atoms with E-state index in [1.807, 2.05) is 35.2 Å². The third-order valence-corrected chi connectivity index (χ3v) is 3.31. The molecular weight excluding hydrogens is 256 g/mol. The van der Waals surface area contributed by atoms with Crippen LogP contribution in [-0.4, -0.2) is 15.0 Å². The maximum absolute atomic E-state index is 5.27. The summed E-state index contributed by atoms with van der Waals surface area (Å²) < 4.78 is 0. The molecule has 1 aromatic carbocycles. The highest BCUT2D eigenvalue weighted by Gasteiger charge is 2.27. The van der Waals surface area contributed by atoms with Crippen LogP contribution in [0.3, 0.4) is 0 Å². The molecule has 1 aliphatic rings. The summed E-state index contributed by atoms with van der Waals surface area (Å²) in [6, 6.07) is 14.1. The normalized spacial score (nSPS) is 18.0. The highest BCUT2D eigenvalue weighted by atomic mass is 32.1. The molecule has 4 nitrogen and oxygen atoms in total. The van der Waals surface area contributed by atoms with E-state index in [4.69, 9.17) is 12.2 Å². The second-order valence-corrected chi connectivity index (χ2v) is 4.63. The molecule has 2 heterocycles. The van der Waals surface area contributed by atoms with E-state index < -0.39 is 0 Å². The number of aromatic nitrogens is 1. The van der Waals surface area contributed by atoms with Gasteiger partial charge in [-0.05, 0) is 29.9 Å². The molecule has 1 aliphatic heterocycles. The molecule has 0 N–H and O–H groups in total. The van der Waals surface area contributed by atoms with Gasteiger partial charge in [-0.15, -0.1) is 5.11 Å². The number of benzene rings is 1. The molecule has 0 saturated carbocycles. The van der Waals surface area contributed by atoms with Gasteiger partial charge >= 0.3 is 0 Å². The Kier molecular flexibility index (Phi) is 3.29. The van der Waals surface area contributed by atoms with Gasteiger partial charge in [-0.3, -0.25) is 4.98 Å². The summed E-state index contributed by atoms with van der Waals surface area (Å²) in [4.78, 5) is 6.04. The van der Waals surface area contributed by atoms with Gasteiger partial charge in [0.15, 0.2) is 6.17 Å². The molecule has 19 heavy (non-hydrogen) atoms. The Morgan fingerprint density at radius 2 is 1.79 bits per heavy atom. The maximum atomic E-state index is 5.27. The minimum Gasteiger partial charge on any atom is -0.314 e. The average molecular weight is 268 g/mol. The van der Waals surface area contributed by atoms with E-state index in [-0.39, 0.29) is 6.17 Å². The Balaban J connectivity index is 1.85. The van der Waals surface area contributed by atoms with Crippen molar-refractivity contribution in [1.82, 2.24) is 9.88 Å². The van der Waals surface area contributed by atoms with Crippen LogP contribution >= 0.6 is 12.2 Å². The third-order valence-electron chi connectivity index (χ3n) is 2.99. The molecule has 2 aromatic rings. The van der Waals surface area contributed by atoms with E-state index in [0.29, 0.717) is 11.7 Å². The summed E-state index contributed by atoms with van der Waals surface area (Å²) in [6.07, 6.45) is 3.37. The lowest BCUT2D eigenvalue weighted by Crippen LogP contribution is -2.26. The van der Waals surface area contributed by atoms with Gasteiger partial charge in [-0.2, -0.15) is 5.11 Å². The lowest BCUT2D eigenvalue weighted by molar-refractivity contribution is 0.340. The fourth-order valence-electron chi connectivity index (χ4n) is 2.04. The Hall–Kier alpha value is -2.14. The third kappa shape index (κ3) is 2.51.